The van der Waals surface area contributed by atoms with Crippen molar-refractivity contribution in [1.29, 1.82) is 0 Å². The second-order valence-electron chi connectivity index (χ2n) is 9.90. The smallest absolute Gasteiger partial charge is 0.488 e. The van der Waals surface area contributed by atoms with Crippen molar-refractivity contribution in [2.24, 2.45) is 0 Å². The van der Waals surface area contributed by atoms with Crippen molar-refractivity contribution < 1.29 is 19.5 Å². The maximum atomic E-state index is 8.58. The number of ether oxygens (including phenoxy) is 2. The van der Waals surface area contributed by atoms with E-state index in [4.69, 9.17) is 54.3 Å². The molecular weight excluding hydrogens is 670 g/mol. The summed E-state index contributed by atoms with van der Waals surface area (Å²) in [5, 5.41) is 25.2. The molecule has 2 heterocycles. The molecule has 0 bridgehead atoms. The molecule has 0 aliphatic rings. The summed E-state index contributed by atoms with van der Waals surface area (Å²) in [7, 11) is 1.84. The van der Waals surface area contributed by atoms with Crippen LogP contribution in [0.5, 0.6) is 11.5 Å². The van der Waals surface area contributed by atoms with E-state index in [0.29, 0.717) is 32.2 Å². The lowest BCUT2D eigenvalue weighted by atomic mass is 9.81. The van der Waals surface area contributed by atoms with Gasteiger partial charge < -0.3 is 30.2 Å². The summed E-state index contributed by atoms with van der Waals surface area (Å²) in [6, 6.07) is 37.3. The zero-order chi connectivity index (χ0) is 34.3. The molecule has 0 saturated heterocycles. The van der Waals surface area contributed by atoms with Gasteiger partial charge in [0.1, 0.15) is 16.7 Å². The fourth-order valence-electron chi connectivity index (χ4n) is 4.20. The Kier molecular flexibility index (Phi) is 13.9. The minimum absolute atomic E-state index is 0.439. The zero-order valence-electron chi connectivity index (χ0n) is 26.0. The van der Waals surface area contributed by atoms with E-state index in [-0.39, 0.29) is 0 Å². The van der Waals surface area contributed by atoms with E-state index >= 15 is 0 Å². The largest absolute Gasteiger partial charge is 0.495 e. The van der Waals surface area contributed by atoms with E-state index < -0.39 is 7.12 Å². The Morgan fingerprint density at radius 1 is 0.562 bits per heavy atom. The quantitative estimate of drug-likeness (QED) is 0.0923. The lowest BCUT2D eigenvalue weighted by Gasteiger charge is -2.10. The Hall–Kier alpha value is -4.77. The predicted octanol–water partition coefficient (Wildman–Crippen LogP) is 8.66. The van der Waals surface area contributed by atoms with Crippen molar-refractivity contribution in [2.45, 2.75) is 0 Å². The van der Waals surface area contributed by atoms with Gasteiger partial charge in [0.25, 0.3) is 0 Å². The molecule has 0 aliphatic heterocycles. The highest BCUT2D eigenvalue weighted by molar-refractivity contribution is 6.58. The van der Waals surface area contributed by atoms with Gasteiger partial charge >= 0.3 is 7.12 Å². The average molecular weight is 702 g/mol. The first-order chi connectivity index (χ1) is 23.2. The van der Waals surface area contributed by atoms with Crippen LogP contribution in [0.2, 0.25) is 15.2 Å². The summed E-state index contributed by atoms with van der Waals surface area (Å²) in [6.45, 7) is 0. The molecule has 0 aliphatic carbocycles. The highest BCUT2D eigenvalue weighted by atomic mass is 35.5. The molecule has 4 aromatic carbocycles. The number of hydrogen-bond donors (Lipinski definition) is 4. The van der Waals surface area contributed by atoms with Crippen molar-refractivity contribution in [3.05, 3.63) is 149 Å². The molecule has 6 aromatic rings. The molecule has 6 rings (SSSR count). The Labute approximate surface area is 295 Å². The summed E-state index contributed by atoms with van der Waals surface area (Å²) in [6.07, 6.45) is 3.42. The maximum absolute atomic E-state index is 8.58. The third-order valence-corrected chi connectivity index (χ3v) is 7.33. The number of benzene rings is 4. The van der Waals surface area contributed by atoms with Crippen LogP contribution in [0, 0.1) is 0 Å². The fourth-order valence-corrected chi connectivity index (χ4v) is 4.89. The molecule has 8 nitrogen and oxygen atoms in total. The second kappa shape index (κ2) is 18.5. The summed E-state index contributed by atoms with van der Waals surface area (Å²) < 4.78 is 10.2. The Morgan fingerprint density at radius 3 is 1.50 bits per heavy atom. The number of nitrogens with zero attached hydrogens (tertiary/aromatic N) is 2. The molecule has 0 amide bonds. The van der Waals surface area contributed by atoms with Crippen molar-refractivity contribution in [3.63, 3.8) is 0 Å². The van der Waals surface area contributed by atoms with Gasteiger partial charge in [0, 0.05) is 40.7 Å². The van der Waals surface area contributed by atoms with Crippen molar-refractivity contribution in [1.82, 2.24) is 9.97 Å². The number of halogens is 3. The summed E-state index contributed by atoms with van der Waals surface area (Å²) >= 11 is 18.0. The first-order valence-electron chi connectivity index (χ1n) is 14.5. The number of anilines is 4. The molecule has 0 spiro atoms. The first kappa shape index (κ1) is 36.1. The van der Waals surface area contributed by atoms with Crippen LogP contribution in [0.1, 0.15) is 0 Å². The van der Waals surface area contributed by atoms with Crippen LogP contribution in [0.3, 0.4) is 0 Å². The number of methoxy groups -OCH3 is 2. The normalized spacial score (nSPS) is 9.98. The average Bonchev–Trinajstić information content (AvgIpc) is 3.10. The Morgan fingerprint density at radius 2 is 1.04 bits per heavy atom. The summed E-state index contributed by atoms with van der Waals surface area (Å²) in [4.78, 5) is 8.32. The van der Waals surface area contributed by atoms with Gasteiger partial charge in [-0.3, -0.25) is 4.98 Å². The van der Waals surface area contributed by atoms with Crippen LogP contribution in [0.15, 0.2) is 134 Å². The number of rotatable bonds is 8. The molecule has 244 valence electrons. The third-order valence-electron chi connectivity index (χ3n) is 6.53. The molecule has 48 heavy (non-hydrogen) atoms. The van der Waals surface area contributed by atoms with Gasteiger partial charge in [-0.25, -0.2) is 4.98 Å². The maximum Gasteiger partial charge on any atom is 0.488 e. The zero-order valence-corrected chi connectivity index (χ0v) is 28.3. The Bertz CT molecular complexity index is 1890. The molecule has 2 aromatic heterocycles. The van der Waals surface area contributed by atoms with Gasteiger partial charge in [-0.1, -0.05) is 95.5 Å². The third kappa shape index (κ3) is 11.2. The van der Waals surface area contributed by atoms with Crippen molar-refractivity contribution in [3.8, 4) is 22.8 Å². The number of hydrogen-bond acceptors (Lipinski definition) is 8. The summed E-state index contributed by atoms with van der Waals surface area (Å²) in [5.41, 5.74) is 6.09. The van der Waals surface area contributed by atoms with Gasteiger partial charge in [0.05, 0.1) is 30.0 Å². The van der Waals surface area contributed by atoms with Crippen LogP contribution in [-0.4, -0.2) is 41.4 Å². The number of nitrogens with one attached hydrogen (secondary N) is 2. The molecule has 0 saturated carbocycles. The fraction of sp³-hybridized carbons (Fsp3) is 0.0556. The molecule has 0 atom stereocenters. The molecular formula is C36H32BCl3N4O4. The van der Waals surface area contributed by atoms with Crippen molar-refractivity contribution >= 4 is 70.1 Å². The molecule has 0 unspecified atom stereocenters. The van der Waals surface area contributed by atoms with E-state index in [1.54, 1.807) is 69.1 Å². The van der Waals surface area contributed by atoms with Crippen LogP contribution >= 0.6 is 34.8 Å². The lowest BCUT2D eigenvalue weighted by molar-refractivity contribution is 0.415. The van der Waals surface area contributed by atoms with E-state index in [1.807, 2.05) is 78.9 Å². The number of pyridine rings is 2. The SMILES string of the molecule is COc1ccc(Nc2ccnc(-c3ccccc3)c2)cc1Cl.COc1ccc(Nc2ccnc(Cl)c2)cc1Cl.OB(O)c1ccccc1. The summed E-state index contributed by atoms with van der Waals surface area (Å²) in [5.74, 6) is 1.30. The molecule has 0 fully saturated rings. The van der Waals surface area contributed by atoms with Crippen LogP contribution in [0.4, 0.5) is 22.7 Å². The molecule has 4 N–H and O–H groups in total. The number of aromatic nitrogens is 2. The Balaban J connectivity index is 0.000000177. The minimum Gasteiger partial charge on any atom is -0.495 e. The van der Waals surface area contributed by atoms with E-state index in [1.165, 1.54) is 0 Å². The van der Waals surface area contributed by atoms with Gasteiger partial charge in [-0.2, -0.15) is 0 Å². The van der Waals surface area contributed by atoms with E-state index in [2.05, 4.69) is 20.6 Å². The highest BCUT2D eigenvalue weighted by Gasteiger charge is 2.08. The lowest BCUT2D eigenvalue weighted by Crippen LogP contribution is -2.29. The monoisotopic (exact) mass is 700 g/mol. The van der Waals surface area contributed by atoms with E-state index in [0.717, 1.165) is 34.0 Å². The van der Waals surface area contributed by atoms with Gasteiger partial charge in [0.15, 0.2) is 0 Å². The van der Waals surface area contributed by atoms with Crippen LogP contribution in [-0.2, 0) is 0 Å². The van der Waals surface area contributed by atoms with E-state index in [9.17, 15) is 0 Å². The highest BCUT2D eigenvalue weighted by Crippen LogP contribution is 2.30. The van der Waals surface area contributed by atoms with Gasteiger partial charge in [-0.05, 0) is 66.1 Å². The van der Waals surface area contributed by atoms with Crippen LogP contribution < -0.4 is 25.6 Å². The van der Waals surface area contributed by atoms with Crippen LogP contribution in [0.25, 0.3) is 11.3 Å². The minimum atomic E-state index is -1.34. The second-order valence-corrected chi connectivity index (χ2v) is 11.1. The molecule has 0 radical (unpaired) electrons. The molecule has 12 heteroatoms. The van der Waals surface area contributed by atoms with Gasteiger partial charge in [0.2, 0.25) is 0 Å². The van der Waals surface area contributed by atoms with Crippen molar-refractivity contribution in [2.75, 3.05) is 24.9 Å². The topological polar surface area (TPSA) is 109 Å². The predicted molar refractivity (Wildman–Crippen MR) is 198 cm³/mol. The standard InChI is InChI=1S/C18H15ClN2O.C12H10Cl2N2O.C6H7BO2/c1-22-18-8-7-14(11-16(18)19)21-15-9-10-20-17(12-15)13-5-3-2-4-6-13;1-17-11-3-2-8(6-10(11)13)16-9-4-5-15-12(14)7-9;8-7(9)6-4-2-1-3-5-6/h2-12H,1H3,(H,20,21);2-7H,1H3,(H,15,16);1-5,8-9H. The van der Waals surface area contributed by atoms with Gasteiger partial charge in [-0.15, -0.1) is 0 Å². The first-order valence-corrected chi connectivity index (χ1v) is 15.6.